The van der Waals surface area contributed by atoms with Gasteiger partial charge in [-0.15, -0.1) is 0 Å². The van der Waals surface area contributed by atoms with Crippen LogP contribution in [0.25, 0.3) is 0 Å². The summed E-state index contributed by atoms with van der Waals surface area (Å²) >= 11 is 0. The number of fused-ring (bicyclic) bond motifs is 1. The minimum absolute atomic E-state index is 0.793. The zero-order chi connectivity index (χ0) is 14.8. The fourth-order valence-electron chi connectivity index (χ4n) is 3.94. The fourth-order valence-corrected chi connectivity index (χ4v) is 3.94. The van der Waals surface area contributed by atoms with E-state index in [4.69, 9.17) is 4.42 Å². The molecule has 2 heterocycles. The zero-order valence-electron chi connectivity index (χ0n) is 13.5. The van der Waals surface area contributed by atoms with E-state index in [-0.39, 0.29) is 0 Å². The van der Waals surface area contributed by atoms with Gasteiger partial charge in [-0.25, -0.2) is 0 Å². The lowest BCUT2D eigenvalue weighted by atomic mass is 9.82. The van der Waals surface area contributed by atoms with Gasteiger partial charge in [-0.3, -0.25) is 4.99 Å². The maximum atomic E-state index is 5.59. The Kier molecular flexibility index (Phi) is 4.22. The van der Waals surface area contributed by atoms with Gasteiger partial charge in [-0.2, -0.15) is 0 Å². The summed E-state index contributed by atoms with van der Waals surface area (Å²) in [6.45, 7) is 7.16. The number of guanidine groups is 1. The van der Waals surface area contributed by atoms with Gasteiger partial charge < -0.3 is 14.6 Å². The van der Waals surface area contributed by atoms with Crippen LogP contribution in [0, 0.1) is 25.7 Å². The summed E-state index contributed by atoms with van der Waals surface area (Å²) in [5, 5.41) is 3.51. The third-order valence-corrected chi connectivity index (χ3v) is 5.07. The van der Waals surface area contributed by atoms with E-state index in [2.05, 4.69) is 21.3 Å². The quantitative estimate of drug-likeness (QED) is 0.672. The van der Waals surface area contributed by atoms with E-state index in [1.165, 1.54) is 44.3 Å². The number of hydrogen-bond acceptors (Lipinski definition) is 2. The molecule has 1 saturated heterocycles. The van der Waals surface area contributed by atoms with Crippen LogP contribution in [0.5, 0.6) is 0 Å². The SMILES string of the molecule is CN=C(NCc1cc(C)oc1C)N1CC2CCCCC2C1. The summed E-state index contributed by atoms with van der Waals surface area (Å²) in [7, 11) is 1.89. The monoisotopic (exact) mass is 289 g/mol. The van der Waals surface area contributed by atoms with Crippen molar-refractivity contribution in [1.29, 1.82) is 0 Å². The predicted octanol–water partition coefficient (Wildman–Crippen LogP) is 3.09. The summed E-state index contributed by atoms with van der Waals surface area (Å²) in [6, 6.07) is 2.11. The standard InChI is InChI=1S/C17H27N3O/c1-12-8-16(13(2)21-12)9-19-17(18-3)20-10-14-6-4-5-7-15(14)11-20/h8,14-15H,4-7,9-11H2,1-3H3,(H,18,19). The largest absolute Gasteiger partial charge is 0.466 e. The van der Waals surface area contributed by atoms with Gasteiger partial charge >= 0.3 is 0 Å². The Hall–Kier alpha value is -1.45. The molecule has 0 spiro atoms. The number of aliphatic imine (C=N–C) groups is 1. The second-order valence-corrected chi connectivity index (χ2v) is 6.55. The van der Waals surface area contributed by atoms with Crippen LogP contribution in [0.4, 0.5) is 0 Å². The van der Waals surface area contributed by atoms with E-state index in [1.54, 1.807) is 0 Å². The first-order valence-corrected chi connectivity index (χ1v) is 8.19. The Morgan fingerprint density at radius 1 is 1.29 bits per heavy atom. The van der Waals surface area contributed by atoms with Gasteiger partial charge in [-0.05, 0) is 44.6 Å². The third kappa shape index (κ3) is 3.09. The minimum Gasteiger partial charge on any atom is -0.466 e. The Bertz CT molecular complexity index is 506. The highest BCUT2D eigenvalue weighted by molar-refractivity contribution is 5.80. The number of rotatable bonds is 2. The zero-order valence-corrected chi connectivity index (χ0v) is 13.5. The van der Waals surface area contributed by atoms with E-state index in [9.17, 15) is 0 Å². The van der Waals surface area contributed by atoms with Crippen molar-refractivity contribution in [3.8, 4) is 0 Å². The summed E-state index contributed by atoms with van der Waals surface area (Å²) in [5.41, 5.74) is 1.23. The van der Waals surface area contributed by atoms with E-state index in [0.717, 1.165) is 35.9 Å². The maximum absolute atomic E-state index is 5.59. The molecule has 0 amide bonds. The average Bonchev–Trinajstić information content (AvgIpc) is 3.03. The topological polar surface area (TPSA) is 40.8 Å². The van der Waals surface area contributed by atoms with Gasteiger partial charge in [0.15, 0.2) is 5.96 Å². The van der Waals surface area contributed by atoms with Crippen LogP contribution in [-0.4, -0.2) is 31.0 Å². The predicted molar refractivity (Wildman–Crippen MR) is 85.4 cm³/mol. The first-order valence-electron chi connectivity index (χ1n) is 8.19. The van der Waals surface area contributed by atoms with E-state index in [1.807, 2.05) is 20.9 Å². The van der Waals surface area contributed by atoms with Crippen molar-refractivity contribution in [2.45, 2.75) is 46.1 Å². The number of likely N-dealkylation sites (tertiary alicyclic amines) is 1. The fraction of sp³-hybridized carbons (Fsp3) is 0.706. The molecule has 1 aromatic rings. The minimum atomic E-state index is 0.793. The molecule has 0 radical (unpaired) electrons. The smallest absolute Gasteiger partial charge is 0.193 e. The van der Waals surface area contributed by atoms with Gasteiger partial charge in [0.2, 0.25) is 0 Å². The summed E-state index contributed by atoms with van der Waals surface area (Å²) in [4.78, 5) is 6.93. The molecule has 1 aromatic heterocycles. The van der Waals surface area contributed by atoms with Gasteiger partial charge in [0.05, 0.1) is 0 Å². The molecule has 4 nitrogen and oxygen atoms in total. The van der Waals surface area contributed by atoms with E-state index in [0.29, 0.717) is 0 Å². The number of nitrogens with one attached hydrogen (secondary N) is 1. The van der Waals surface area contributed by atoms with Crippen LogP contribution in [0.15, 0.2) is 15.5 Å². The number of furan rings is 1. The normalized spacial score (nSPS) is 26.0. The highest BCUT2D eigenvalue weighted by atomic mass is 16.3. The lowest BCUT2D eigenvalue weighted by Crippen LogP contribution is -2.39. The lowest BCUT2D eigenvalue weighted by molar-refractivity contribution is 0.299. The Morgan fingerprint density at radius 2 is 1.95 bits per heavy atom. The van der Waals surface area contributed by atoms with Crippen molar-refractivity contribution in [1.82, 2.24) is 10.2 Å². The van der Waals surface area contributed by atoms with Gasteiger partial charge in [-0.1, -0.05) is 12.8 Å². The first-order chi connectivity index (χ1) is 10.2. The van der Waals surface area contributed by atoms with Crippen molar-refractivity contribution >= 4 is 5.96 Å². The number of hydrogen-bond donors (Lipinski definition) is 1. The molecule has 1 saturated carbocycles. The molecule has 2 fully saturated rings. The second-order valence-electron chi connectivity index (χ2n) is 6.55. The van der Waals surface area contributed by atoms with E-state index >= 15 is 0 Å². The van der Waals surface area contributed by atoms with E-state index < -0.39 is 0 Å². The van der Waals surface area contributed by atoms with Gasteiger partial charge in [0.1, 0.15) is 11.5 Å². The second kappa shape index (κ2) is 6.12. The molecule has 0 bridgehead atoms. The number of aryl methyl sites for hydroxylation is 2. The lowest BCUT2D eigenvalue weighted by Gasteiger charge is -2.22. The van der Waals surface area contributed by atoms with Crippen molar-refractivity contribution in [3.05, 3.63) is 23.2 Å². The average molecular weight is 289 g/mol. The van der Waals surface area contributed by atoms with Crippen LogP contribution >= 0.6 is 0 Å². The Labute approximate surface area is 127 Å². The van der Waals surface area contributed by atoms with Crippen LogP contribution in [0.1, 0.15) is 42.8 Å². The molecule has 1 N–H and O–H groups in total. The molecule has 2 aliphatic rings. The molecular weight excluding hydrogens is 262 g/mol. The number of nitrogens with zero attached hydrogens (tertiary/aromatic N) is 2. The molecule has 4 heteroatoms. The third-order valence-electron chi connectivity index (χ3n) is 5.07. The van der Waals surface area contributed by atoms with Crippen LogP contribution in [0.3, 0.4) is 0 Å². The molecule has 0 aromatic carbocycles. The highest BCUT2D eigenvalue weighted by Crippen LogP contribution is 2.35. The summed E-state index contributed by atoms with van der Waals surface area (Å²) in [6.07, 6.45) is 5.62. The first kappa shape index (κ1) is 14.5. The molecule has 21 heavy (non-hydrogen) atoms. The summed E-state index contributed by atoms with van der Waals surface area (Å²) in [5.74, 6) is 4.80. The van der Waals surface area contributed by atoms with Crippen molar-refractivity contribution in [2.75, 3.05) is 20.1 Å². The van der Waals surface area contributed by atoms with Crippen molar-refractivity contribution in [3.63, 3.8) is 0 Å². The van der Waals surface area contributed by atoms with Crippen LogP contribution in [0.2, 0.25) is 0 Å². The maximum Gasteiger partial charge on any atom is 0.193 e. The van der Waals surface area contributed by atoms with Crippen LogP contribution in [-0.2, 0) is 6.54 Å². The molecule has 116 valence electrons. The Morgan fingerprint density at radius 3 is 2.48 bits per heavy atom. The molecule has 3 rings (SSSR count). The summed E-state index contributed by atoms with van der Waals surface area (Å²) < 4.78 is 5.59. The van der Waals surface area contributed by atoms with Crippen molar-refractivity contribution < 1.29 is 4.42 Å². The molecule has 1 aliphatic carbocycles. The van der Waals surface area contributed by atoms with Gasteiger partial charge in [0.25, 0.3) is 0 Å². The molecular formula is C17H27N3O. The molecule has 2 atom stereocenters. The van der Waals surface area contributed by atoms with Crippen LogP contribution < -0.4 is 5.32 Å². The highest BCUT2D eigenvalue weighted by Gasteiger charge is 2.35. The Balaban J connectivity index is 1.60. The van der Waals surface area contributed by atoms with Gasteiger partial charge in [0, 0.05) is 32.2 Å². The van der Waals surface area contributed by atoms with Crippen molar-refractivity contribution in [2.24, 2.45) is 16.8 Å². The molecule has 1 aliphatic heterocycles. The molecule has 2 unspecified atom stereocenters.